The Balaban J connectivity index is 1.48. The van der Waals surface area contributed by atoms with Crippen LogP contribution in [0.5, 0.6) is 0 Å². The molecule has 3 aromatic rings. The van der Waals surface area contributed by atoms with Crippen molar-refractivity contribution in [3.05, 3.63) is 53.3 Å². The van der Waals surface area contributed by atoms with Crippen LogP contribution in [-0.2, 0) is 0 Å². The third kappa shape index (κ3) is 3.00. The number of aromatic nitrogens is 4. The van der Waals surface area contributed by atoms with Gasteiger partial charge in [-0.25, -0.2) is 0 Å². The van der Waals surface area contributed by atoms with Crippen molar-refractivity contribution in [2.45, 2.75) is 32.6 Å². The van der Waals surface area contributed by atoms with Gasteiger partial charge in [-0.05, 0) is 44.9 Å². The zero-order valence-electron chi connectivity index (χ0n) is 14.9. The highest BCUT2D eigenvalue weighted by molar-refractivity contribution is 5.92. The minimum atomic E-state index is 0.0124. The van der Waals surface area contributed by atoms with Gasteiger partial charge in [0.25, 0.3) is 5.91 Å². The van der Waals surface area contributed by atoms with Gasteiger partial charge in [0.1, 0.15) is 11.5 Å². The number of carbonyl (C=O) groups is 1. The van der Waals surface area contributed by atoms with Crippen LogP contribution < -0.4 is 0 Å². The Morgan fingerprint density at radius 1 is 1.23 bits per heavy atom. The molecule has 0 radical (unpaired) electrons. The summed E-state index contributed by atoms with van der Waals surface area (Å²) in [7, 11) is 0. The highest BCUT2D eigenvalue weighted by Crippen LogP contribution is 2.30. The van der Waals surface area contributed by atoms with Gasteiger partial charge in [-0.3, -0.25) is 14.9 Å². The predicted octanol–water partition coefficient (Wildman–Crippen LogP) is 3.10. The number of aromatic amines is 1. The molecule has 1 aliphatic heterocycles. The first-order valence-corrected chi connectivity index (χ1v) is 8.82. The summed E-state index contributed by atoms with van der Waals surface area (Å²) in [6.07, 6.45) is 3.40. The molecule has 1 saturated heterocycles. The third-order valence-electron chi connectivity index (χ3n) is 4.99. The summed E-state index contributed by atoms with van der Waals surface area (Å²) in [5.74, 6) is 1.15. The number of H-pyrrole nitrogens is 1. The Morgan fingerprint density at radius 2 is 2.04 bits per heavy atom. The quantitative estimate of drug-likeness (QED) is 0.783. The number of nitrogens with zero attached hydrogens (tertiary/aromatic N) is 4. The van der Waals surface area contributed by atoms with Gasteiger partial charge >= 0.3 is 0 Å². The van der Waals surface area contributed by atoms with Gasteiger partial charge in [0.05, 0.1) is 17.0 Å². The largest absolute Gasteiger partial charge is 0.361 e. The number of hydrogen-bond donors (Lipinski definition) is 1. The van der Waals surface area contributed by atoms with Crippen LogP contribution >= 0.6 is 0 Å². The van der Waals surface area contributed by atoms with Gasteiger partial charge in [-0.1, -0.05) is 11.2 Å². The molecule has 1 amide bonds. The molecule has 0 atom stereocenters. The highest BCUT2D eigenvalue weighted by Gasteiger charge is 2.26. The summed E-state index contributed by atoms with van der Waals surface area (Å²) in [6.45, 7) is 5.28. The van der Waals surface area contributed by atoms with E-state index in [1.807, 2.05) is 30.9 Å². The van der Waals surface area contributed by atoms with Crippen LogP contribution in [0.1, 0.15) is 46.4 Å². The predicted molar refractivity (Wildman–Crippen MR) is 95.7 cm³/mol. The SMILES string of the molecule is Cc1noc(C)c1-c1cccc(C2CCN(C(=O)c3ccn[nH]3)CC2)n1. The first-order valence-electron chi connectivity index (χ1n) is 8.82. The van der Waals surface area contributed by atoms with Crippen LogP contribution in [0.25, 0.3) is 11.3 Å². The fourth-order valence-electron chi connectivity index (χ4n) is 3.59. The van der Waals surface area contributed by atoms with Crippen LogP contribution in [0, 0.1) is 13.8 Å². The van der Waals surface area contributed by atoms with Crippen LogP contribution in [0.2, 0.25) is 0 Å². The van der Waals surface area contributed by atoms with Crippen molar-refractivity contribution in [1.29, 1.82) is 0 Å². The number of aryl methyl sites for hydroxylation is 2. The van der Waals surface area contributed by atoms with Gasteiger partial charge in [0.15, 0.2) is 0 Å². The number of hydrogen-bond acceptors (Lipinski definition) is 5. The fraction of sp³-hybridized carbons (Fsp3) is 0.368. The lowest BCUT2D eigenvalue weighted by Crippen LogP contribution is -2.38. The van der Waals surface area contributed by atoms with Crippen LogP contribution in [0.15, 0.2) is 35.0 Å². The number of nitrogens with one attached hydrogen (secondary N) is 1. The highest BCUT2D eigenvalue weighted by atomic mass is 16.5. The molecule has 1 fully saturated rings. The van der Waals surface area contributed by atoms with Gasteiger partial charge in [-0.2, -0.15) is 5.10 Å². The second kappa shape index (κ2) is 6.74. The molecule has 4 rings (SSSR count). The van der Waals surface area contributed by atoms with E-state index in [4.69, 9.17) is 9.51 Å². The van der Waals surface area contributed by atoms with Gasteiger partial charge < -0.3 is 9.42 Å². The lowest BCUT2D eigenvalue weighted by Gasteiger charge is -2.31. The maximum absolute atomic E-state index is 12.4. The number of piperidine rings is 1. The van der Waals surface area contributed by atoms with E-state index in [2.05, 4.69) is 21.4 Å². The van der Waals surface area contributed by atoms with E-state index in [1.54, 1.807) is 12.3 Å². The summed E-state index contributed by atoms with van der Waals surface area (Å²) in [4.78, 5) is 19.1. The van der Waals surface area contributed by atoms with Crippen molar-refractivity contribution in [1.82, 2.24) is 25.2 Å². The van der Waals surface area contributed by atoms with Crippen LogP contribution in [0.3, 0.4) is 0 Å². The average Bonchev–Trinajstić information content (AvgIpc) is 3.32. The van der Waals surface area contributed by atoms with Crippen molar-refractivity contribution >= 4 is 5.91 Å². The molecule has 0 bridgehead atoms. The molecule has 1 N–H and O–H groups in total. The minimum Gasteiger partial charge on any atom is -0.361 e. The van der Waals surface area contributed by atoms with Crippen LogP contribution in [0.4, 0.5) is 0 Å². The summed E-state index contributed by atoms with van der Waals surface area (Å²) in [5.41, 5.74) is 4.33. The molecule has 3 aromatic heterocycles. The molecule has 0 saturated carbocycles. The topological polar surface area (TPSA) is 87.9 Å². The van der Waals surface area contributed by atoms with Crippen LogP contribution in [-0.4, -0.2) is 44.2 Å². The summed E-state index contributed by atoms with van der Waals surface area (Å²) in [5, 5.41) is 10.6. The Morgan fingerprint density at radius 3 is 2.69 bits per heavy atom. The summed E-state index contributed by atoms with van der Waals surface area (Å²) < 4.78 is 5.27. The molecule has 0 aromatic carbocycles. The molecule has 134 valence electrons. The first-order chi connectivity index (χ1) is 12.6. The van der Waals surface area contributed by atoms with E-state index >= 15 is 0 Å². The number of likely N-dealkylation sites (tertiary alicyclic amines) is 1. The van der Waals surface area contributed by atoms with Gasteiger partial charge in [-0.15, -0.1) is 0 Å². The number of amides is 1. The van der Waals surface area contributed by atoms with Crippen molar-refractivity contribution in [2.24, 2.45) is 0 Å². The zero-order valence-corrected chi connectivity index (χ0v) is 14.9. The first kappa shape index (κ1) is 16.5. The minimum absolute atomic E-state index is 0.0124. The van der Waals surface area contributed by atoms with Crippen molar-refractivity contribution in [3.8, 4) is 11.3 Å². The number of rotatable bonds is 3. The lowest BCUT2D eigenvalue weighted by atomic mass is 9.92. The smallest absolute Gasteiger partial charge is 0.271 e. The molecular weight excluding hydrogens is 330 g/mol. The second-order valence-electron chi connectivity index (χ2n) is 6.68. The molecule has 0 unspecified atom stereocenters. The maximum atomic E-state index is 12.4. The van der Waals surface area contributed by atoms with E-state index in [1.165, 1.54) is 0 Å². The maximum Gasteiger partial charge on any atom is 0.271 e. The van der Waals surface area contributed by atoms with E-state index in [9.17, 15) is 4.79 Å². The van der Waals surface area contributed by atoms with Gasteiger partial charge in [0, 0.05) is 30.9 Å². The Kier molecular flexibility index (Phi) is 4.28. The average molecular weight is 351 g/mol. The Labute approximate surface area is 151 Å². The molecule has 7 heteroatoms. The molecule has 7 nitrogen and oxygen atoms in total. The molecule has 1 aliphatic rings. The van der Waals surface area contributed by atoms with E-state index in [-0.39, 0.29) is 5.91 Å². The van der Waals surface area contributed by atoms with E-state index in [0.717, 1.165) is 54.3 Å². The zero-order chi connectivity index (χ0) is 18.1. The van der Waals surface area contributed by atoms with Gasteiger partial charge in [0.2, 0.25) is 0 Å². The molecule has 0 aliphatic carbocycles. The standard InChI is InChI=1S/C19H21N5O2/c1-12-18(13(2)26-23-12)16-5-3-4-15(21-16)14-7-10-24(11-8-14)19(25)17-6-9-20-22-17/h3-6,9,14H,7-8,10-11H2,1-2H3,(H,20,22). The number of pyridine rings is 1. The molecule has 4 heterocycles. The second-order valence-corrected chi connectivity index (χ2v) is 6.68. The van der Waals surface area contributed by atoms with Crippen molar-refractivity contribution < 1.29 is 9.32 Å². The van der Waals surface area contributed by atoms with Crippen molar-refractivity contribution in [2.75, 3.05) is 13.1 Å². The third-order valence-corrected chi connectivity index (χ3v) is 4.99. The van der Waals surface area contributed by atoms with E-state index < -0.39 is 0 Å². The Bertz CT molecular complexity index is 888. The van der Waals surface area contributed by atoms with E-state index in [0.29, 0.717) is 11.6 Å². The molecule has 0 spiro atoms. The molecular formula is C19H21N5O2. The summed E-state index contributed by atoms with van der Waals surface area (Å²) >= 11 is 0. The molecule has 26 heavy (non-hydrogen) atoms. The Hall–Kier alpha value is -2.96. The monoisotopic (exact) mass is 351 g/mol. The van der Waals surface area contributed by atoms with Crippen molar-refractivity contribution in [3.63, 3.8) is 0 Å². The number of carbonyl (C=O) groups excluding carboxylic acids is 1. The lowest BCUT2D eigenvalue weighted by molar-refractivity contribution is 0.0706. The normalized spacial score (nSPS) is 15.4. The summed E-state index contributed by atoms with van der Waals surface area (Å²) in [6, 6.07) is 7.81. The fourth-order valence-corrected chi connectivity index (χ4v) is 3.59.